The van der Waals surface area contributed by atoms with E-state index in [1.807, 2.05) is 52.9 Å². The van der Waals surface area contributed by atoms with E-state index in [4.69, 9.17) is 4.74 Å². The first-order valence-electron chi connectivity index (χ1n) is 9.71. The highest BCUT2D eigenvalue weighted by Crippen LogP contribution is 2.46. The van der Waals surface area contributed by atoms with Crippen LogP contribution in [0.3, 0.4) is 0 Å². The highest BCUT2D eigenvalue weighted by molar-refractivity contribution is 6.15. The van der Waals surface area contributed by atoms with Crippen LogP contribution < -0.4 is 9.64 Å². The first-order valence-corrected chi connectivity index (χ1v) is 9.71. The lowest BCUT2D eigenvalue weighted by atomic mass is 9.97. The van der Waals surface area contributed by atoms with Gasteiger partial charge in [0.1, 0.15) is 11.4 Å². The summed E-state index contributed by atoms with van der Waals surface area (Å²) >= 11 is 0. The Balaban J connectivity index is 1.76. The van der Waals surface area contributed by atoms with Crippen LogP contribution in [-0.2, 0) is 7.05 Å². The zero-order valence-corrected chi connectivity index (χ0v) is 16.7. The molecule has 0 bridgehead atoms. The summed E-state index contributed by atoms with van der Waals surface area (Å²) in [7, 11) is 3.62. The van der Waals surface area contributed by atoms with Gasteiger partial charge < -0.3 is 9.30 Å². The van der Waals surface area contributed by atoms with Gasteiger partial charge in [-0.3, -0.25) is 9.69 Å². The summed E-state index contributed by atoms with van der Waals surface area (Å²) in [4.78, 5) is 15.6. The monoisotopic (exact) mass is 382 g/mol. The highest BCUT2D eigenvalue weighted by Gasteiger charge is 2.42. The predicted octanol–water partition coefficient (Wildman–Crippen LogP) is 5.25. The van der Waals surface area contributed by atoms with Crippen LogP contribution in [0.25, 0.3) is 10.9 Å². The van der Waals surface area contributed by atoms with Crippen LogP contribution in [-0.4, -0.2) is 17.6 Å². The summed E-state index contributed by atoms with van der Waals surface area (Å²) in [5.74, 6) is 0.796. The second-order valence-corrected chi connectivity index (χ2v) is 7.52. The molecule has 4 heteroatoms. The quantitative estimate of drug-likeness (QED) is 0.485. The number of anilines is 1. The molecule has 3 aromatic carbocycles. The van der Waals surface area contributed by atoms with Gasteiger partial charge in [0.05, 0.1) is 13.2 Å². The maximum absolute atomic E-state index is 13.7. The molecule has 4 nitrogen and oxygen atoms in total. The van der Waals surface area contributed by atoms with Crippen LogP contribution in [0.4, 0.5) is 5.69 Å². The molecular formula is C25H22N2O2. The number of carbonyl (C=O) groups excluding carboxylic acids is 1. The van der Waals surface area contributed by atoms with Crippen molar-refractivity contribution < 1.29 is 9.53 Å². The molecule has 0 aliphatic carbocycles. The molecular weight excluding hydrogens is 360 g/mol. The van der Waals surface area contributed by atoms with Gasteiger partial charge in [-0.1, -0.05) is 48.0 Å². The van der Waals surface area contributed by atoms with E-state index in [0.29, 0.717) is 0 Å². The van der Waals surface area contributed by atoms with E-state index in [0.717, 1.165) is 39.2 Å². The topological polar surface area (TPSA) is 34.5 Å². The van der Waals surface area contributed by atoms with Gasteiger partial charge in [-0.05, 0) is 42.8 Å². The Labute approximate surface area is 170 Å². The SMILES string of the molecule is COc1ccc(N2C(=O)c3c(c4ccccc4n3C)[C@H]2c2ccc(C)cc2)cc1. The minimum atomic E-state index is -0.169. The first-order chi connectivity index (χ1) is 14.1. The van der Waals surface area contributed by atoms with Crippen LogP contribution >= 0.6 is 0 Å². The number of benzene rings is 3. The Morgan fingerprint density at radius 1 is 0.897 bits per heavy atom. The lowest BCUT2D eigenvalue weighted by Gasteiger charge is -2.27. The molecule has 0 saturated carbocycles. The Hall–Kier alpha value is -3.53. The maximum Gasteiger partial charge on any atom is 0.276 e. The molecule has 5 rings (SSSR count). The molecule has 1 aliphatic heterocycles. The second-order valence-electron chi connectivity index (χ2n) is 7.52. The number of hydrogen-bond acceptors (Lipinski definition) is 2. The third-order valence-electron chi connectivity index (χ3n) is 5.84. The minimum Gasteiger partial charge on any atom is -0.497 e. The predicted molar refractivity (Wildman–Crippen MR) is 116 cm³/mol. The molecule has 2 heterocycles. The van der Waals surface area contributed by atoms with Crippen molar-refractivity contribution in [1.82, 2.24) is 4.57 Å². The number of carbonyl (C=O) groups is 1. The maximum atomic E-state index is 13.7. The lowest BCUT2D eigenvalue weighted by molar-refractivity contribution is 0.0986. The molecule has 0 unspecified atom stereocenters. The molecule has 0 spiro atoms. The Kier molecular flexibility index (Phi) is 3.95. The van der Waals surface area contributed by atoms with Crippen molar-refractivity contribution in [3.63, 3.8) is 0 Å². The number of nitrogens with zero attached hydrogens (tertiary/aromatic N) is 2. The molecule has 1 aromatic heterocycles. The lowest BCUT2D eigenvalue weighted by Crippen LogP contribution is -2.29. The molecule has 29 heavy (non-hydrogen) atoms. The summed E-state index contributed by atoms with van der Waals surface area (Å²) in [6.45, 7) is 2.08. The van der Waals surface area contributed by atoms with E-state index in [-0.39, 0.29) is 11.9 Å². The van der Waals surface area contributed by atoms with Gasteiger partial charge in [-0.25, -0.2) is 0 Å². The van der Waals surface area contributed by atoms with Gasteiger partial charge in [0, 0.05) is 29.2 Å². The fourth-order valence-electron chi connectivity index (χ4n) is 4.39. The Morgan fingerprint density at radius 2 is 1.59 bits per heavy atom. The standard InChI is InChI=1S/C25H22N2O2/c1-16-8-10-17(11-9-16)23-22-20-6-4-5-7-21(20)26(2)24(22)25(28)27(23)18-12-14-19(29-3)15-13-18/h4-15,23H,1-3H3/t23-/m1/s1. The van der Waals surface area contributed by atoms with Crippen LogP contribution in [0, 0.1) is 6.92 Å². The molecule has 0 radical (unpaired) electrons. The van der Waals surface area contributed by atoms with Crippen LogP contribution in [0.1, 0.15) is 33.2 Å². The summed E-state index contributed by atoms with van der Waals surface area (Å²) < 4.78 is 7.32. The van der Waals surface area contributed by atoms with E-state index in [9.17, 15) is 4.79 Å². The highest BCUT2D eigenvalue weighted by atomic mass is 16.5. The number of hydrogen-bond donors (Lipinski definition) is 0. The van der Waals surface area contributed by atoms with Crippen LogP contribution in [0.2, 0.25) is 0 Å². The zero-order chi connectivity index (χ0) is 20.1. The number of methoxy groups -OCH3 is 1. The number of rotatable bonds is 3. The second kappa shape index (κ2) is 6.52. The van der Waals surface area contributed by atoms with Crippen molar-refractivity contribution in [2.24, 2.45) is 7.05 Å². The summed E-state index contributed by atoms with van der Waals surface area (Å²) in [6.07, 6.45) is 0. The van der Waals surface area contributed by atoms with Crippen molar-refractivity contribution in [3.05, 3.63) is 95.2 Å². The van der Waals surface area contributed by atoms with Gasteiger partial charge in [0.15, 0.2) is 0 Å². The van der Waals surface area contributed by atoms with Crippen molar-refractivity contribution >= 4 is 22.5 Å². The third kappa shape index (κ3) is 2.56. The van der Waals surface area contributed by atoms with E-state index in [2.05, 4.69) is 43.3 Å². The van der Waals surface area contributed by atoms with Crippen LogP contribution in [0.15, 0.2) is 72.8 Å². The molecule has 1 amide bonds. The number of para-hydroxylation sites is 1. The molecule has 0 fully saturated rings. The normalized spacial score (nSPS) is 15.8. The smallest absolute Gasteiger partial charge is 0.276 e. The van der Waals surface area contributed by atoms with Gasteiger partial charge in [0.25, 0.3) is 5.91 Å². The minimum absolute atomic E-state index is 0.0226. The molecule has 1 aliphatic rings. The number of fused-ring (bicyclic) bond motifs is 3. The molecule has 144 valence electrons. The first kappa shape index (κ1) is 17.6. The largest absolute Gasteiger partial charge is 0.497 e. The Morgan fingerprint density at radius 3 is 2.28 bits per heavy atom. The van der Waals surface area contributed by atoms with Gasteiger partial charge in [0.2, 0.25) is 0 Å². The fraction of sp³-hybridized carbons (Fsp3) is 0.160. The van der Waals surface area contributed by atoms with Crippen molar-refractivity contribution in [2.75, 3.05) is 12.0 Å². The molecule has 0 saturated heterocycles. The molecule has 1 atom stereocenters. The molecule has 0 N–H and O–H groups in total. The van der Waals surface area contributed by atoms with Crippen molar-refractivity contribution in [1.29, 1.82) is 0 Å². The van der Waals surface area contributed by atoms with Gasteiger partial charge in [-0.2, -0.15) is 0 Å². The van der Waals surface area contributed by atoms with Gasteiger partial charge >= 0.3 is 0 Å². The molecule has 4 aromatic rings. The number of aromatic nitrogens is 1. The zero-order valence-electron chi connectivity index (χ0n) is 16.7. The number of aryl methyl sites for hydroxylation is 2. The van der Waals surface area contributed by atoms with E-state index < -0.39 is 0 Å². The average molecular weight is 382 g/mol. The third-order valence-corrected chi connectivity index (χ3v) is 5.84. The average Bonchev–Trinajstić information content (AvgIpc) is 3.22. The van der Waals surface area contributed by atoms with E-state index in [1.54, 1.807) is 7.11 Å². The van der Waals surface area contributed by atoms with E-state index in [1.165, 1.54) is 5.56 Å². The summed E-state index contributed by atoms with van der Waals surface area (Å²) in [5.41, 5.74) is 6.08. The van der Waals surface area contributed by atoms with E-state index >= 15 is 0 Å². The van der Waals surface area contributed by atoms with Crippen LogP contribution in [0.5, 0.6) is 5.75 Å². The van der Waals surface area contributed by atoms with Crippen molar-refractivity contribution in [3.8, 4) is 5.75 Å². The summed E-state index contributed by atoms with van der Waals surface area (Å²) in [5, 5.41) is 1.12. The summed E-state index contributed by atoms with van der Waals surface area (Å²) in [6, 6.07) is 24.2. The Bertz CT molecular complexity index is 1220. The number of amides is 1. The number of ether oxygens (including phenoxy) is 1. The van der Waals surface area contributed by atoms with Crippen molar-refractivity contribution in [2.45, 2.75) is 13.0 Å². The fourth-order valence-corrected chi connectivity index (χ4v) is 4.39. The van der Waals surface area contributed by atoms with Gasteiger partial charge in [-0.15, -0.1) is 0 Å².